The molecule has 0 aliphatic carbocycles. The molecule has 0 spiro atoms. The number of carbonyl (C=O) groups excluding carboxylic acids is 1. The molecule has 1 unspecified atom stereocenters. The zero-order valence-corrected chi connectivity index (χ0v) is 10.7. The van der Waals surface area contributed by atoms with Crippen LogP contribution in [0.2, 0.25) is 0 Å². The first-order valence-corrected chi connectivity index (χ1v) is 5.67. The van der Waals surface area contributed by atoms with E-state index in [1.54, 1.807) is 13.0 Å². The van der Waals surface area contributed by atoms with Crippen molar-refractivity contribution in [3.63, 3.8) is 0 Å². The van der Waals surface area contributed by atoms with E-state index < -0.39 is 5.91 Å². The third kappa shape index (κ3) is 3.57. The van der Waals surface area contributed by atoms with Crippen molar-refractivity contribution >= 4 is 5.91 Å². The monoisotopic (exact) mass is 240 g/mol. The second-order valence-electron chi connectivity index (χ2n) is 4.46. The number of furan rings is 1. The number of amides is 1. The fraction of sp³-hybridized carbons (Fsp3) is 0.583. The summed E-state index contributed by atoms with van der Waals surface area (Å²) in [6, 6.07) is 1.79. The minimum Gasteiger partial charge on any atom is -0.453 e. The maximum absolute atomic E-state index is 11.3. The van der Waals surface area contributed by atoms with E-state index in [9.17, 15) is 4.79 Å². The lowest BCUT2D eigenvalue weighted by Crippen LogP contribution is -2.30. The molecule has 1 rings (SSSR count). The molecule has 17 heavy (non-hydrogen) atoms. The van der Waals surface area contributed by atoms with Gasteiger partial charge in [-0.3, -0.25) is 10.2 Å². The Morgan fingerprint density at radius 3 is 2.71 bits per heavy atom. The zero-order chi connectivity index (χ0) is 13.0. The molecule has 0 aliphatic heterocycles. The normalized spacial score (nSPS) is 12.8. The fourth-order valence-electron chi connectivity index (χ4n) is 1.32. The third-order valence-electron chi connectivity index (χ3n) is 2.73. The Balaban J connectivity index is 2.65. The number of nitrogens with two attached hydrogens (primary N) is 1. The molecule has 0 aliphatic rings. The maximum atomic E-state index is 11.3. The summed E-state index contributed by atoms with van der Waals surface area (Å²) in [6.45, 7) is 8.34. The molecule has 1 amide bonds. The first kappa shape index (κ1) is 13.7. The summed E-state index contributed by atoms with van der Waals surface area (Å²) >= 11 is 0. The summed E-state index contributed by atoms with van der Waals surface area (Å²) in [5, 5.41) is 0. The van der Waals surface area contributed by atoms with Crippen molar-refractivity contribution in [3.05, 3.63) is 23.2 Å². The van der Waals surface area contributed by atoms with E-state index in [1.807, 2.05) is 12.3 Å². The van der Waals surface area contributed by atoms with E-state index in [4.69, 9.17) is 15.0 Å². The van der Waals surface area contributed by atoms with Crippen LogP contribution < -0.4 is 11.3 Å². The van der Waals surface area contributed by atoms with Crippen LogP contribution in [0.5, 0.6) is 0 Å². The average molecular weight is 240 g/mol. The molecule has 5 heteroatoms. The Hall–Kier alpha value is -1.33. The molecule has 5 nitrogen and oxygen atoms in total. The first-order valence-electron chi connectivity index (χ1n) is 5.67. The third-order valence-corrected chi connectivity index (χ3v) is 2.73. The van der Waals surface area contributed by atoms with Crippen molar-refractivity contribution in [3.8, 4) is 0 Å². The number of ether oxygens (including phenoxy) is 1. The topological polar surface area (TPSA) is 77.5 Å². The van der Waals surface area contributed by atoms with Crippen LogP contribution in [-0.4, -0.2) is 12.0 Å². The number of nitrogen functional groups attached to an aromatic ring is 1. The predicted octanol–water partition coefficient (Wildman–Crippen LogP) is 1.75. The Labute approximate surface area is 101 Å². The number of carbonyl (C=O) groups is 1. The van der Waals surface area contributed by atoms with E-state index in [2.05, 4.69) is 13.8 Å². The van der Waals surface area contributed by atoms with Gasteiger partial charge in [-0.1, -0.05) is 13.8 Å². The van der Waals surface area contributed by atoms with Gasteiger partial charge in [0.05, 0.1) is 6.10 Å². The summed E-state index contributed by atoms with van der Waals surface area (Å²) in [5.41, 5.74) is 2.80. The molecule has 1 aromatic rings. The van der Waals surface area contributed by atoms with Crippen LogP contribution in [0.25, 0.3) is 0 Å². The van der Waals surface area contributed by atoms with Crippen LogP contribution >= 0.6 is 0 Å². The number of hydrogen-bond donors (Lipinski definition) is 2. The summed E-state index contributed by atoms with van der Waals surface area (Å²) in [6.07, 6.45) is 0.146. The largest absolute Gasteiger partial charge is 0.453 e. The average Bonchev–Trinajstić information content (AvgIpc) is 2.66. The van der Waals surface area contributed by atoms with Crippen LogP contribution in [0.15, 0.2) is 10.5 Å². The van der Waals surface area contributed by atoms with Gasteiger partial charge in [0.15, 0.2) is 5.76 Å². The van der Waals surface area contributed by atoms with Gasteiger partial charge in [0.1, 0.15) is 12.4 Å². The molecule has 0 radical (unpaired) electrons. The molecule has 1 aromatic heterocycles. The van der Waals surface area contributed by atoms with Crippen molar-refractivity contribution < 1.29 is 13.9 Å². The minimum atomic E-state index is -0.425. The van der Waals surface area contributed by atoms with Gasteiger partial charge in [-0.05, 0) is 25.8 Å². The second-order valence-corrected chi connectivity index (χ2v) is 4.46. The second kappa shape index (κ2) is 5.84. The van der Waals surface area contributed by atoms with Crippen molar-refractivity contribution in [2.24, 2.45) is 11.8 Å². The van der Waals surface area contributed by atoms with Crippen LogP contribution in [0, 0.1) is 12.8 Å². The molecule has 1 heterocycles. The highest BCUT2D eigenvalue weighted by Crippen LogP contribution is 2.17. The van der Waals surface area contributed by atoms with Crippen LogP contribution in [0.3, 0.4) is 0 Å². The van der Waals surface area contributed by atoms with Gasteiger partial charge in [0, 0.05) is 5.56 Å². The van der Waals surface area contributed by atoms with Gasteiger partial charge in [-0.2, -0.15) is 0 Å². The summed E-state index contributed by atoms with van der Waals surface area (Å²) < 4.78 is 11.0. The maximum Gasteiger partial charge on any atom is 0.301 e. The lowest BCUT2D eigenvalue weighted by atomic mass is 10.1. The predicted molar refractivity (Wildman–Crippen MR) is 64.2 cm³/mol. The summed E-state index contributed by atoms with van der Waals surface area (Å²) in [4.78, 5) is 11.3. The van der Waals surface area contributed by atoms with E-state index in [-0.39, 0.29) is 11.9 Å². The Morgan fingerprint density at radius 2 is 2.18 bits per heavy atom. The van der Waals surface area contributed by atoms with Crippen LogP contribution in [0.4, 0.5) is 0 Å². The molecule has 0 bridgehead atoms. The highest BCUT2D eigenvalue weighted by molar-refractivity contribution is 5.92. The number of hydrazine groups is 1. The van der Waals surface area contributed by atoms with Gasteiger partial charge >= 0.3 is 5.91 Å². The van der Waals surface area contributed by atoms with Crippen LogP contribution in [0.1, 0.15) is 42.6 Å². The van der Waals surface area contributed by atoms with E-state index >= 15 is 0 Å². The first-order chi connectivity index (χ1) is 7.95. The van der Waals surface area contributed by atoms with Gasteiger partial charge in [0.25, 0.3) is 0 Å². The molecular weight excluding hydrogens is 220 g/mol. The minimum absolute atomic E-state index is 0.146. The highest BCUT2D eigenvalue weighted by Gasteiger charge is 2.15. The van der Waals surface area contributed by atoms with E-state index in [0.717, 1.165) is 5.56 Å². The number of aryl methyl sites for hydroxylation is 1. The molecule has 0 fully saturated rings. The Bertz CT molecular complexity index is 385. The van der Waals surface area contributed by atoms with Crippen LogP contribution in [-0.2, 0) is 11.3 Å². The molecule has 0 saturated heterocycles. The van der Waals surface area contributed by atoms with Gasteiger partial charge in [0.2, 0.25) is 0 Å². The SMILES string of the molecule is Cc1cc(COC(C)C(C)C)oc1C(=O)NN. The molecule has 0 saturated carbocycles. The van der Waals surface area contributed by atoms with Gasteiger partial charge in [-0.15, -0.1) is 0 Å². The summed E-state index contributed by atoms with van der Waals surface area (Å²) in [5.74, 6) is 5.94. The molecule has 1 atom stereocenters. The molecular formula is C12H20N2O3. The van der Waals surface area contributed by atoms with Crippen molar-refractivity contribution in [2.75, 3.05) is 0 Å². The van der Waals surface area contributed by atoms with Gasteiger partial charge < -0.3 is 9.15 Å². The highest BCUT2D eigenvalue weighted by atomic mass is 16.5. The zero-order valence-electron chi connectivity index (χ0n) is 10.7. The summed E-state index contributed by atoms with van der Waals surface area (Å²) in [7, 11) is 0. The standard InChI is InChI=1S/C12H20N2O3/c1-7(2)9(4)16-6-10-5-8(3)11(17-10)12(15)14-13/h5,7,9H,6,13H2,1-4H3,(H,14,15). The van der Waals surface area contributed by atoms with E-state index in [1.165, 1.54) is 0 Å². The van der Waals surface area contributed by atoms with Crippen molar-refractivity contribution in [2.45, 2.75) is 40.4 Å². The van der Waals surface area contributed by atoms with Gasteiger partial charge in [-0.25, -0.2) is 5.84 Å². The number of hydrogen-bond acceptors (Lipinski definition) is 4. The molecule has 0 aromatic carbocycles. The van der Waals surface area contributed by atoms with Crippen molar-refractivity contribution in [1.29, 1.82) is 0 Å². The van der Waals surface area contributed by atoms with Crippen molar-refractivity contribution in [1.82, 2.24) is 5.43 Å². The smallest absolute Gasteiger partial charge is 0.301 e. The fourth-order valence-corrected chi connectivity index (χ4v) is 1.32. The number of rotatable bonds is 5. The van der Waals surface area contributed by atoms with E-state index in [0.29, 0.717) is 18.3 Å². The molecule has 96 valence electrons. The lowest BCUT2D eigenvalue weighted by molar-refractivity contribution is 0.0145. The Kier molecular flexibility index (Phi) is 4.72. The number of nitrogens with one attached hydrogen (secondary N) is 1. The Morgan fingerprint density at radius 1 is 1.53 bits per heavy atom. The quantitative estimate of drug-likeness (QED) is 0.467. The molecule has 3 N–H and O–H groups in total. The lowest BCUT2D eigenvalue weighted by Gasteiger charge is -2.15.